The van der Waals surface area contributed by atoms with Crippen molar-refractivity contribution in [1.82, 2.24) is 14.2 Å². The quantitative estimate of drug-likeness (QED) is 0.406. The molecule has 12 heteroatoms. The summed E-state index contributed by atoms with van der Waals surface area (Å²) in [6, 6.07) is 8.89. The average molecular weight is 569 g/mol. The summed E-state index contributed by atoms with van der Waals surface area (Å²) in [6.07, 6.45) is 2.11. The van der Waals surface area contributed by atoms with E-state index in [0.29, 0.717) is 40.3 Å². The van der Waals surface area contributed by atoms with Crippen molar-refractivity contribution in [2.45, 2.75) is 23.5 Å². The van der Waals surface area contributed by atoms with Gasteiger partial charge in [0.2, 0.25) is 5.91 Å². The van der Waals surface area contributed by atoms with Gasteiger partial charge in [0, 0.05) is 44.3 Å². The molecule has 0 aliphatic carbocycles. The highest BCUT2D eigenvalue weighted by Gasteiger charge is 2.36. The zero-order valence-corrected chi connectivity index (χ0v) is 23.0. The van der Waals surface area contributed by atoms with Crippen LogP contribution < -0.4 is 4.90 Å². The third-order valence-corrected chi connectivity index (χ3v) is 11.1. The van der Waals surface area contributed by atoms with Crippen molar-refractivity contribution >= 4 is 65.6 Å². The highest BCUT2D eigenvalue weighted by atomic mass is 35.5. The van der Waals surface area contributed by atoms with Crippen LogP contribution >= 0.6 is 34.3 Å². The van der Waals surface area contributed by atoms with Crippen LogP contribution in [0.5, 0.6) is 0 Å². The number of anilines is 1. The number of ether oxygens (including phenoxy) is 1. The summed E-state index contributed by atoms with van der Waals surface area (Å²) >= 11 is 8.84. The van der Waals surface area contributed by atoms with E-state index in [1.54, 1.807) is 28.5 Å². The molecule has 8 nitrogen and oxygen atoms in total. The SMILES string of the molecule is O=C(C1CCCN(S(=O)(=O)c2cccs2)C1)N(CCCN1CCOCC1)c1nc2ccc(Cl)cc2s1. The number of nitrogens with zero attached hydrogens (tertiary/aromatic N) is 4. The number of thiophene rings is 1. The summed E-state index contributed by atoms with van der Waals surface area (Å²) in [5, 5.41) is 3.02. The van der Waals surface area contributed by atoms with E-state index in [0.717, 1.165) is 49.5 Å². The zero-order valence-electron chi connectivity index (χ0n) is 19.8. The van der Waals surface area contributed by atoms with Gasteiger partial charge in [0.25, 0.3) is 10.0 Å². The van der Waals surface area contributed by atoms with E-state index >= 15 is 0 Å². The van der Waals surface area contributed by atoms with E-state index in [9.17, 15) is 13.2 Å². The lowest BCUT2D eigenvalue weighted by molar-refractivity contribution is -0.123. The number of rotatable bonds is 8. The minimum atomic E-state index is -3.60. The van der Waals surface area contributed by atoms with Gasteiger partial charge >= 0.3 is 0 Å². The van der Waals surface area contributed by atoms with Crippen LogP contribution in [-0.2, 0) is 19.6 Å². The molecule has 1 atom stereocenters. The molecule has 2 aromatic heterocycles. The predicted octanol–water partition coefficient (Wildman–Crippen LogP) is 4.17. The molecule has 5 rings (SSSR count). The second kappa shape index (κ2) is 11.4. The Balaban J connectivity index is 1.35. The average Bonchev–Trinajstić information content (AvgIpc) is 3.58. The lowest BCUT2D eigenvalue weighted by Crippen LogP contribution is -2.47. The first-order chi connectivity index (χ1) is 17.4. The zero-order chi connectivity index (χ0) is 25.1. The Morgan fingerprint density at radius 1 is 1.22 bits per heavy atom. The molecular weight excluding hydrogens is 540 g/mol. The van der Waals surface area contributed by atoms with Crippen LogP contribution in [0.1, 0.15) is 19.3 Å². The Morgan fingerprint density at radius 2 is 2.06 bits per heavy atom. The van der Waals surface area contributed by atoms with Gasteiger partial charge in [0.15, 0.2) is 5.13 Å². The van der Waals surface area contributed by atoms with Crippen LogP contribution in [0.25, 0.3) is 10.2 Å². The van der Waals surface area contributed by atoms with Crippen molar-refractivity contribution < 1.29 is 17.9 Å². The van der Waals surface area contributed by atoms with Crippen LogP contribution in [0.2, 0.25) is 5.02 Å². The highest BCUT2D eigenvalue weighted by Crippen LogP contribution is 2.33. The molecule has 2 aliphatic heterocycles. The first-order valence-electron chi connectivity index (χ1n) is 12.1. The minimum Gasteiger partial charge on any atom is -0.379 e. The number of sulfonamides is 1. The Kier molecular flexibility index (Phi) is 8.26. The molecule has 2 saturated heterocycles. The lowest BCUT2D eigenvalue weighted by Gasteiger charge is -2.34. The second-order valence-corrected chi connectivity index (χ2v) is 13.6. The number of benzene rings is 1. The van der Waals surface area contributed by atoms with E-state index in [1.807, 2.05) is 12.1 Å². The maximum atomic E-state index is 13.9. The number of hydrogen-bond donors (Lipinski definition) is 0. The van der Waals surface area contributed by atoms with Gasteiger partial charge in [-0.05, 0) is 48.9 Å². The van der Waals surface area contributed by atoms with Crippen molar-refractivity contribution in [3.63, 3.8) is 0 Å². The topological polar surface area (TPSA) is 83.1 Å². The molecule has 1 amide bonds. The lowest BCUT2D eigenvalue weighted by atomic mass is 9.98. The molecule has 194 valence electrons. The van der Waals surface area contributed by atoms with Crippen molar-refractivity contribution in [2.75, 3.05) is 57.4 Å². The number of morpholine rings is 1. The Labute approximate surface area is 224 Å². The summed E-state index contributed by atoms with van der Waals surface area (Å²) in [6.45, 7) is 5.27. The molecule has 1 unspecified atom stereocenters. The maximum absolute atomic E-state index is 13.9. The summed E-state index contributed by atoms with van der Waals surface area (Å²) < 4.78 is 34.4. The highest BCUT2D eigenvalue weighted by molar-refractivity contribution is 7.91. The molecule has 2 aliphatic rings. The van der Waals surface area contributed by atoms with E-state index in [4.69, 9.17) is 21.3 Å². The number of carbonyl (C=O) groups is 1. The first kappa shape index (κ1) is 26.0. The van der Waals surface area contributed by atoms with Gasteiger partial charge in [-0.25, -0.2) is 13.4 Å². The van der Waals surface area contributed by atoms with E-state index < -0.39 is 15.9 Å². The normalized spacial score (nSPS) is 20.1. The second-order valence-electron chi connectivity index (χ2n) is 9.04. The molecule has 0 bridgehead atoms. The number of carbonyl (C=O) groups excluding carboxylic acids is 1. The largest absolute Gasteiger partial charge is 0.379 e. The van der Waals surface area contributed by atoms with Gasteiger partial charge in [-0.3, -0.25) is 14.6 Å². The van der Waals surface area contributed by atoms with Gasteiger partial charge in [-0.2, -0.15) is 4.31 Å². The molecule has 2 fully saturated rings. The van der Waals surface area contributed by atoms with Gasteiger partial charge in [0.05, 0.1) is 29.3 Å². The van der Waals surface area contributed by atoms with Crippen LogP contribution in [0, 0.1) is 5.92 Å². The first-order valence-corrected chi connectivity index (χ1v) is 15.6. The van der Waals surface area contributed by atoms with E-state index in [-0.39, 0.29) is 12.5 Å². The number of fused-ring (bicyclic) bond motifs is 1. The predicted molar refractivity (Wildman–Crippen MR) is 145 cm³/mol. The molecule has 36 heavy (non-hydrogen) atoms. The molecule has 0 radical (unpaired) electrons. The molecule has 1 aromatic carbocycles. The fourth-order valence-corrected chi connectivity index (χ4v) is 8.64. The number of hydrogen-bond acceptors (Lipinski definition) is 8. The molecule has 3 aromatic rings. The van der Waals surface area contributed by atoms with Gasteiger partial charge in [0.1, 0.15) is 4.21 Å². The van der Waals surface area contributed by atoms with Crippen molar-refractivity contribution in [3.05, 3.63) is 40.7 Å². The number of aromatic nitrogens is 1. The van der Waals surface area contributed by atoms with Crippen molar-refractivity contribution in [2.24, 2.45) is 5.92 Å². The molecule has 0 saturated carbocycles. The van der Waals surface area contributed by atoms with E-state index in [1.165, 1.54) is 27.0 Å². The molecule has 4 heterocycles. The summed E-state index contributed by atoms with van der Waals surface area (Å²) in [5.74, 6) is -0.472. The van der Waals surface area contributed by atoms with Gasteiger partial charge in [-0.1, -0.05) is 29.0 Å². The maximum Gasteiger partial charge on any atom is 0.252 e. The summed E-state index contributed by atoms with van der Waals surface area (Å²) in [7, 11) is -3.60. The molecular formula is C24H29ClN4O4S3. The standard InChI is InChI=1S/C24H29ClN4O4S3/c25-19-6-7-20-21(16-19)35-24(26-20)29(10-3-8-27-11-13-33-14-12-27)23(30)18-4-1-9-28(17-18)36(31,32)22-5-2-15-34-22/h2,5-7,15-16,18H,1,3-4,8-14,17H2. The smallest absolute Gasteiger partial charge is 0.252 e. The van der Waals surface area contributed by atoms with Crippen LogP contribution in [-0.4, -0.2) is 81.0 Å². The van der Waals surface area contributed by atoms with Crippen LogP contribution in [0.15, 0.2) is 39.9 Å². The van der Waals surface area contributed by atoms with Crippen molar-refractivity contribution in [1.29, 1.82) is 0 Å². The summed E-state index contributed by atoms with van der Waals surface area (Å²) in [4.78, 5) is 22.8. The molecule has 0 N–H and O–H groups in total. The fraction of sp³-hybridized carbons (Fsp3) is 0.500. The Hall–Kier alpha value is -1.60. The van der Waals surface area contributed by atoms with Crippen LogP contribution in [0.3, 0.4) is 0 Å². The third kappa shape index (κ3) is 5.77. The third-order valence-electron chi connectivity index (χ3n) is 6.62. The number of piperidine rings is 1. The minimum absolute atomic E-state index is 0.0618. The van der Waals surface area contributed by atoms with Gasteiger partial charge in [-0.15, -0.1) is 11.3 Å². The van der Waals surface area contributed by atoms with Crippen LogP contribution in [0.4, 0.5) is 5.13 Å². The monoisotopic (exact) mass is 568 g/mol. The fourth-order valence-electron chi connectivity index (χ4n) is 4.70. The molecule has 0 spiro atoms. The Bertz CT molecular complexity index is 1290. The Morgan fingerprint density at radius 3 is 2.83 bits per heavy atom. The number of amides is 1. The van der Waals surface area contributed by atoms with E-state index in [2.05, 4.69) is 4.90 Å². The number of thiazole rings is 1. The number of halogens is 1. The van der Waals surface area contributed by atoms with Gasteiger partial charge < -0.3 is 4.74 Å². The van der Waals surface area contributed by atoms with Crippen molar-refractivity contribution in [3.8, 4) is 0 Å². The summed E-state index contributed by atoms with van der Waals surface area (Å²) in [5.41, 5.74) is 0.802.